The molecule has 0 aliphatic carbocycles. The quantitative estimate of drug-likeness (QED) is 0.417. The highest BCUT2D eigenvalue weighted by atomic mass is 35.5. The molecule has 0 radical (unpaired) electrons. The SMILES string of the molecule is CCC(C)C(N)C(=O)NC(C(=O)CCN(C(=O)C(Cl)Cl)c1ccnc(-c2ccno2)c1)C(C)C. The average molecular weight is 512 g/mol. The van der Waals surface area contributed by atoms with Gasteiger partial charge in [0.15, 0.2) is 16.4 Å². The Balaban J connectivity index is 2.19. The first-order valence-electron chi connectivity index (χ1n) is 11.1. The lowest BCUT2D eigenvalue weighted by Gasteiger charge is -2.27. The van der Waals surface area contributed by atoms with Crippen molar-refractivity contribution < 1.29 is 18.9 Å². The number of hydrogen-bond acceptors (Lipinski definition) is 7. The number of nitrogens with two attached hydrogens (primary N) is 1. The van der Waals surface area contributed by atoms with Crippen LogP contribution in [0.3, 0.4) is 0 Å². The molecule has 9 nitrogen and oxygen atoms in total. The fourth-order valence-electron chi connectivity index (χ4n) is 3.31. The fourth-order valence-corrected chi connectivity index (χ4v) is 3.55. The number of halogens is 2. The summed E-state index contributed by atoms with van der Waals surface area (Å²) in [6.45, 7) is 7.50. The van der Waals surface area contributed by atoms with Crippen LogP contribution in [0.15, 0.2) is 35.1 Å². The van der Waals surface area contributed by atoms with E-state index in [1.807, 2.05) is 27.7 Å². The van der Waals surface area contributed by atoms with Gasteiger partial charge in [0.05, 0.1) is 18.3 Å². The zero-order valence-electron chi connectivity index (χ0n) is 19.7. The number of aromatic nitrogens is 2. The third kappa shape index (κ3) is 7.25. The number of Topliss-reactive ketones (excluding diaryl/α,β-unsaturated/α-hetero) is 1. The van der Waals surface area contributed by atoms with Crippen LogP contribution in [-0.4, -0.2) is 51.2 Å². The lowest BCUT2D eigenvalue weighted by Crippen LogP contribution is -2.52. The summed E-state index contributed by atoms with van der Waals surface area (Å²) in [5, 5.41) is 6.43. The van der Waals surface area contributed by atoms with Gasteiger partial charge < -0.3 is 20.5 Å². The maximum Gasteiger partial charge on any atom is 0.260 e. The molecule has 186 valence electrons. The number of pyridine rings is 1. The Labute approximate surface area is 209 Å². The van der Waals surface area contributed by atoms with Crippen molar-refractivity contribution in [2.75, 3.05) is 11.4 Å². The molecule has 2 aromatic rings. The highest BCUT2D eigenvalue weighted by molar-refractivity contribution is 6.54. The predicted molar refractivity (Wildman–Crippen MR) is 131 cm³/mol. The van der Waals surface area contributed by atoms with Crippen LogP contribution in [-0.2, 0) is 14.4 Å². The first-order valence-corrected chi connectivity index (χ1v) is 12.0. The van der Waals surface area contributed by atoms with Crippen molar-refractivity contribution in [1.82, 2.24) is 15.5 Å². The van der Waals surface area contributed by atoms with Gasteiger partial charge in [-0.2, -0.15) is 0 Å². The minimum Gasteiger partial charge on any atom is -0.355 e. The summed E-state index contributed by atoms with van der Waals surface area (Å²) in [6, 6.07) is 3.39. The number of hydrogen-bond donors (Lipinski definition) is 2. The minimum atomic E-state index is -1.33. The van der Waals surface area contributed by atoms with Crippen LogP contribution in [0.2, 0.25) is 0 Å². The molecular formula is C23H31Cl2N5O4. The number of rotatable bonds is 12. The van der Waals surface area contributed by atoms with Crippen LogP contribution >= 0.6 is 23.2 Å². The first-order chi connectivity index (χ1) is 16.1. The van der Waals surface area contributed by atoms with Crippen molar-refractivity contribution in [1.29, 1.82) is 0 Å². The van der Waals surface area contributed by atoms with E-state index in [-0.39, 0.29) is 36.5 Å². The van der Waals surface area contributed by atoms with Gasteiger partial charge >= 0.3 is 0 Å². The number of carbonyl (C=O) groups is 3. The number of alkyl halides is 2. The second-order valence-corrected chi connectivity index (χ2v) is 9.52. The minimum absolute atomic E-state index is 0.00394. The largest absolute Gasteiger partial charge is 0.355 e. The zero-order chi connectivity index (χ0) is 25.4. The molecule has 0 saturated heterocycles. The monoisotopic (exact) mass is 511 g/mol. The number of nitrogens with zero attached hydrogens (tertiary/aromatic N) is 3. The lowest BCUT2D eigenvalue weighted by atomic mass is 9.95. The topological polar surface area (TPSA) is 131 Å². The number of ketones is 1. The summed E-state index contributed by atoms with van der Waals surface area (Å²) in [7, 11) is 0. The van der Waals surface area contributed by atoms with Gasteiger partial charge in [0, 0.05) is 30.9 Å². The Bertz CT molecular complexity index is 968. The maximum atomic E-state index is 13.1. The summed E-state index contributed by atoms with van der Waals surface area (Å²) in [4.78, 5) is 42.6. The van der Waals surface area contributed by atoms with Gasteiger partial charge in [0.25, 0.3) is 5.91 Å². The van der Waals surface area contributed by atoms with E-state index in [0.717, 1.165) is 6.42 Å². The standard InChI is InChI=1S/C23H31Cl2N5O4/c1-5-14(4)19(26)22(32)29-20(13(2)3)17(31)8-11-30(23(33)21(24)25)15-6-9-27-16(12-15)18-7-10-28-34-18/h6-7,9-10,12-14,19-21H,5,8,11,26H2,1-4H3,(H,29,32). The van der Waals surface area contributed by atoms with Crippen LogP contribution in [0.25, 0.3) is 11.5 Å². The molecule has 3 N–H and O–H groups in total. The van der Waals surface area contributed by atoms with E-state index in [1.54, 1.807) is 18.2 Å². The van der Waals surface area contributed by atoms with Crippen LogP contribution in [0, 0.1) is 11.8 Å². The number of anilines is 1. The van der Waals surface area contributed by atoms with Gasteiger partial charge in [-0.3, -0.25) is 19.4 Å². The Kier molecular flexibility index (Phi) is 10.5. The molecule has 0 spiro atoms. The van der Waals surface area contributed by atoms with Crippen LogP contribution in [0.4, 0.5) is 5.69 Å². The molecule has 11 heteroatoms. The predicted octanol–water partition coefficient (Wildman–Crippen LogP) is 3.35. The molecule has 2 heterocycles. The zero-order valence-corrected chi connectivity index (χ0v) is 21.2. The average Bonchev–Trinajstić information content (AvgIpc) is 3.36. The van der Waals surface area contributed by atoms with Crippen molar-refractivity contribution >= 4 is 46.5 Å². The first kappa shape index (κ1) is 27.8. The molecule has 0 saturated carbocycles. The van der Waals surface area contributed by atoms with E-state index in [0.29, 0.717) is 17.1 Å². The molecule has 0 aliphatic heterocycles. The van der Waals surface area contributed by atoms with E-state index < -0.39 is 22.8 Å². The van der Waals surface area contributed by atoms with Crippen molar-refractivity contribution in [3.05, 3.63) is 30.6 Å². The van der Waals surface area contributed by atoms with Crippen LogP contribution < -0.4 is 16.0 Å². The van der Waals surface area contributed by atoms with Crippen molar-refractivity contribution in [3.63, 3.8) is 0 Å². The highest BCUT2D eigenvalue weighted by Gasteiger charge is 2.30. The maximum absolute atomic E-state index is 13.1. The summed E-state index contributed by atoms with van der Waals surface area (Å²) in [6.07, 6.45) is 3.69. The second kappa shape index (κ2) is 12.8. The second-order valence-electron chi connectivity index (χ2n) is 8.42. The molecule has 0 aromatic carbocycles. The van der Waals surface area contributed by atoms with Crippen molar-refractivity contribution in [2.24, 2.45) is 17.6 Å². The van der Waals surface area contributed by atoms with E-state index >= 15 is 0 Å². The van der Waals surface area contributed by atoms with Gasteiger partial charge in [0.2, 0.25) is 5.91 Å². The van der Waals surface area contributed by atoms with Gasteiger partial charge in [0.1, 0.15) is 5.69 Å². The Morgan fingerprint density at radius 1 is 1.18 bits per heavy atom. The Morgan fingerprint density at radius 2 is 1.88 bits per heavy atom. The van der Waals surface area contributed by atoms with Gasteiger partial charge in [-0.1, -0.05) is 62.5 Å². The van der Waals surface area contributed by atoms with E-state index in [1.165, 1.54) is 17.3 Å². The Morgan fingerprint density at radius 3 is 2.44 bits per heavy atom. The fraction of sp³-hybridized carbons (Fsp3) is 0.522. The third-order valence-electron chi connectivity index (χ3n) is 5.65. The van der Waals surface area contributed by atoms with E-state index in [2.05, 4.69) is 15.5 Å². The molecule has 34 heavy (non-hydrogen) atoms. The van der Waals surface area contributed by atoms with E-state index in [9.17, 15) is 14.4 Å². The lowest BCUT2D eigenvalue weighted by molar-refractivity contribution is -0.130. The molecule has 2 aromatic heterocycles. The smallest absolute Gasteiger partial charge is 0.260 e. The Hall–Kier alpha value is -2.49. The molecule has 3 atom stereocenters. The molecule has 0 fully saturated rings. The van der Waals surface area contributed by atoms with Gasteiger partial charge in [-0.25, -0.2) is 0 Å². The van der Waals surface area contributed by atoms with E-state index in [4.69, 9.17) is 33.5 Å². The van der Waals surface area contributed by atoms with Gasteiger partial charge in [-0.15, -0.1) is 0 Å². The third-order valence-corrected chi connectivity index (χ3v) is 6.02. The van der Waals surface area contributed by atoms with Crippen LogP contribution in [0.1, 0.15) is 40.5 Å². The number of carbonyl (C=O) groups excluding carboxylic acids is 3. The molecule has 0 aliphatic rings. The van der Waals surface area contributed by atoms with Crippen LogP contribution in [0.5, 0.6) is 0 Å². The summed E-state index contributed by atoms with van der Waals surface area (Å²) in [5.74, 6) is -0.971. The number of nitrogens with one attached hydrogen (secondary N) is 1. The summed E-state index contributed by atoms with van der Waals surface area (Å²) in [5.41, 5.74) is 6.91. The van der Waals surface area contributed by atoms with Gasteiger partial charge in [-0.05, 0) is 24.0 Å². The number of amides is 2. The van der Waals surface area contributed by atoms with Crippen molar-refractivity contribution in [3.8, 4) is 11.5 Å². The molecule has 2 amide bonds. The molecule has 0 bridgehead atoms. The summed E-state index contributed by atoms with van der Waals surface area (Å²) < 4.78 is 5.13. The molecule has 2 rings (SSSR count). The molecule has 3 unspecified atom stereocenters. The molecular weight excluding hydrogens is 481 g/mol. The normalized spacial score (nSPS) is 14.0. The summed E-state index contributed by atoms with van der Waals surface area (Å²) >= 11 is 11.7. The highest BCUT2D eigenvalue weighted by Crippen LogP contribution is 2.24. The van der Waals surface area contributed by atoms with Crippen molar-refractivity contribution in [2.45, 2.75) is 57.5 Å².